The fourth-order valence-corrected chi connectivity index (χ4v) is 3.58. The molecule has 2 nitrogen and oxygen atoms in total. The number of carbonyl (C=O) groups is 1. The molecule has 4 heteroatoms. The Balaban J connectivity index is 1.67. The predicted octanol–water partition coefficient (Wildman–Crippen LogP) is 5.52. The van der Waals surface area contributed by atoms with Gasteiger partial charge >= 0.3 is 0 Å². The van der Waals surface area contributed by atoms with Crippen LogP contribution in [0.5, 0.6) is 0 Å². The largest absolute Gasteiger partial charge is 0.290 e. The molecule has 1 aliphatic rings. The summed E-state index contributed by atoms with van der Waals surface area (Å²) in [6.45, 7) is 1.72. The number of hydrogen-bond donors (Lipinski definition) is 0. The molecular weight excluding hydrogens is 380 g/mol. The quantitative estimate of drug-likeness (QED) is 0.537. The minimum absolute atomic E-state index is 0.0343. The van der Waals surface area contributed by atoms with Crippen LogP contribution in [0.2, 0.25) is 0 Å². The van der Waals surface area contributed by atoms with Crippen molar-refractivity contribution in [1.29, 1.82) is 0 Å². The zero-order valence-electron chi connectivity index (χ0n) is 16.4. The number of halogens is 2. The highest BCUT2D eigenvalue weighted by Crippen LogP contribution is 2.24. The maximum atomic E-state index is 13.2. The summed E-state index contributed by atoms with van der Waals surface area (Å²) >= 11 is 0. The van der Waals surface area contributed by atoms with Crippen LogP contribution in [0.4, 0.5) is 8.78 Å². The van der Waals surface area contributed by atoms with Crippen molar-refractivity contribution in [3.05, 3.63) is 118 Å². The second-order valence-electron chi connectivity index (χ2n) is 7.40. The molecule has 0 spiro atoms. The molecule has 3 aromatic rings. The van der Waals surface area contributed by atoms with Crippen LogP contribution in [0.25, 0.3) is 12.2 Å². The lowest BCUT2D eigenvalue weighted by Gasteiger charge is -2.30. The van der Waals surface area contributed by atoms with Crippen LogP contribution in [0.1, 0.15) is 16.7 Å². The Morgan fingerprint density at radius 1 is 0.700 bits per heavy atom. The van der Waals surface area contributed by atoms with Gasteiger partial charge in [0.25, 0.3) is 0 Å². The van der Waals surface area contributed by atoms with Gasteiger partial charge in [-0.1, -0.05) is 54.6 Å². The lowest BCUT2D eigenvalue weighted by atomic mass is 9.94. The van der Waals surface area contributed by atoms with Crippen LogP contribution in [-0.2, 0) is 11.3 Å². The molecule has 3 aromatic carbocycles. The van der Waals surface area contributed by atoms with E-state index in [4.69, 9.17) is 0 Å². The van der Waals surface area contributed by atoms with Gasteiger partial charge in [0.2, 0.25) is 0 Å². The fourth-order valence-electron chi connectivity index (χ4n) is 3.58. The van der Waals surface area contributed by atoms with Crippen LogP contribution in [0.15, 0.2) is 90.0 Å². The molecule has 30 heavy (non-hydrogen) atoms. The maximum absolute atomic E-state index is 13.2. The van der Waals surface area contributed by atoms with E-state index in [-0.39, 0.29) is 17.4 Å². The van der Waals surface area contributed by atoms with E-state index in [0.29, 0.717) is 30.8 Å². The molecule has 0 N–H and O–H groups in total. The third-order valence-electron chi connectivity index (χ3n) is 5.04. The number of likely N-dealkylation sites (tertiary alicyclic amines) is 1. The molecule has 0 radical (unpaired) electrons. The zero-order chi connectivity index (χ0) is 20.9. The molecule has 1 fully saturated rings. The standard InChI is InChI=1S/C26H21F2NO/c27-24-10-6-19(7-11-24)14-22-17-29(16-21-4-2-1-3-5-21)18-23(26(22)30)15-20-8-12-25(28)13-9-20/h1-15H,16-18H2/b22-14+,23-15?. The molecule has 0 aliphatic carbocycles. The van der Waals surface area contributed by atoms with Crippen molar-refractivity contribution in [3.63, 3.8) is 0 Å². The van der Waals surface area contributed by atoms with Gasteiger partial charge in [-0.05, 0) is 53.1 Å². The fraction of sp³-hybridized carbons (Fsp3) is 0.115. The molecular formula is C26H21F2NO. The van der Waals surface area contributed by atoms with Crippen molar-refractivity contribution in [1.82, 2.24) is 4.90 Å². The van der Waals surface area contributed by atoms with Gasteiger partial charge in [0.15, 0.2) is 5.78 Å². The van der Waals surface area contributed by atoms with Gasteiger partial charge in [-0.3, -0.25) is 9.69 Å². The minimum atomic E-state index is -0.310. The number of nitrogens with zero attached hydrogens (tertiary/aromatic N) is 1. The average Bonchev–Trinajstić information content (AvgIpc) is 2.75. The van der Waals surface area contributed by atoms with E-state index in [1.165, 1.54) is 24.3 Å². The van der Waals surface area contributed by atoms with E-state index < -0.39 is 0 Å². The smallest absolute Gasteiger partial charge is 0.187 e. The molecule has 0 saturated carbocycles. The average molecular weight is 401 g/mol. The molecule has 0 bridgehead atoms. The van der Waals surface area contributed by atoms with E-state index in [2.05, 4.69) is 17.0 Å². The first kappa shape index (κ1) is 19.9. The zero-order valence-corrected chi connectivity index (χ0v) is 16.4. The Kier molecular flexibility index (Phi) is 5.96. The summed E-state index contributed by atoms with van der Waals surface area (Å²) in [6.07, 6.45) is 3.63. The second-order valence-corrected chi connectivity index (χ2v) is 7.40. The maximum Gasteiger partial charge on any atom is 0.187 e. The van der Waals surface area contributed by atoms with Crippen LogP contribution >= 0.6 is 0 Å². The van der Waals surface area contributed by atoms with Gasteiger partial charge in [0.05, 0.1) is 0 Å². The lowest BCUT2D eigenvalue weighted by molar-refractivity contribution is -0.113. The molecule has 1 heterocycles. The molecule has 1 saturated heterocycles. The topological polar surface area (TPSA) is 20.3 Å². The summed E-state index contributed by atoms with van der Waals surface area (Å²) < 4.78 is 26.5. The number of piperidine rings is 1. The molecule has 0 unspecified atom stereocenters. The highest BCUT2D eigenvalue weighted by Gasteiger charge is 2.26. The Hall–Kier alpha value is -3.37. The van der Waals surface area contributed by atoms with Crippen LogP contribution in [-0.4, -0.2) is 23.8 Å². The normalized spacial score (nSPS) is 17.6. The van der Waals surface area contributed by atoms with Crippen molar-refractivity contribution in [2.24, 2.45) is 0 Å². The van der Waals surface area contributed by atoms with Crippen molar-refractivity contribution in [2.75, 3.05) is 13.1 Å². The number of benzene rings is 3. The molecule has 0 aromatic heterocycles. The number of carbonyl (C=O) groups excluding carboxylic acids is 1. The first-order valence-corrected chi connectivity index (χ1v) is 9.80. The van der Waals surface area contributed by atoms with E-state index in [1.54, 1.807) is 24.3 Å². The highest BCUT2D eigenvalue weighted by atomic mass is 19.1. The van der Waals surface area contributed by atoms with Crippen LogP contribution in [0.3, 0.4) is 0 Å². The number of rotatable bonds is 4. The van der Waals surface area contributed by atoms with Gasteiger partial charge < -0.3 is 0 Å². The van der Waals surface area contributed by atoms with E-state index in [1.807, 2.05) is 30.4 Å². The number of ketones is 1. The van der Waals surface area contributed by atoms with Gasteiger partial charge in [-0.25, -0.2) is 8.78 Å². The summed E-state index contributed by atoms with van der Waals surface area (Å²) in [5.74, 6) is -0.655. The van der Waals surface area contributed by atoms with Crippen molar-refractivity contribution >= 4 is 17.9 Å². The SMILES string of the molecule is O=C1C(=Cc2ccc(F)cc2)CN(Cc2ccccc2)C/C1=C\c1ccc(F)cc1. The minimum Gasteiger partial charge on any atom is -0.290 e. The number of hydrogen-bond acceptors (Lipinski definition) is 2. The molecule has 4 rings (SSSR count). The van der Waals surface area contributed by atoms with Crippen LogP contribution in [0, 0.1) is 11.6 Å². The second kappa shape index (κ2) is 8.97. The summed E-state index contributed by atoms with van der Waals surface area (Å²) in [4.78, 5) is 15.4. The first-order chi connectivity index (χ1) is 14.6. The number of Topliss-reactive ketones (excluding diaryl/α,β-unsaturated/α-hetero) is 1. The molecule has 1 aliphatic heterocycles. The summed E-state index contributed by atoms with van der Waals surface area (Å²) in [7, 11) is 0. The monoisotopic (exact) mass is 401 g/mol. The summed E-state index contributed by atoms with van der Waals surface area (Å²) in [5, 5.41) is 0. The Morgan fingerprint density at radius 2 is 1.17 bits per heavy atom. The Bertz CT molecular complexity index is 1020. The first-order valence-electron chi connectivity index (χ1n) is 9.80. The third-order valence-corrected chi connectivity index (χ3v) is 5.04. The van der Waals surface area contributed by atoms with Gasteiger partial charge in [0, 0.05) is 30.8 Å². The van der Waals surface area contributed by atoms with Gasteiger partial charge in [-0.15, -0.1) is 0 Å². The molecule has 150 valence electrons. The van der Waals surface area contributed by atoms with E-state index in [0.717, 1.165) is 16.7 Å². The van der Waals surface area contributed by atoms with Crippen molar-refractivity contribution < 1.29 is 13.6 Å². The summed E-state index contributed by atoms with van der Waals surface area (Å²) in [5.41, 5.74) is 4.02. The van der Waals surface area contributed by atoms with E-state index in [9.17, 15) is 13.6 Å². The molecule has 0 atom stereocenters. The predicted molar refractivity (Wildman–Crippen MR) is 115 cm³/mol. The Morgan fingerprint density at radius 3 is 1.63 bits per heavy atom. The van der Waals surface area contributed by atoms with E-state index >= 15 is 0 Å². The summed E-state index contributed by atoms with van der Waals surface area (Å²) in [6, 6.07) is 22.3. The van der Waals surface area contributed by atoms with Gasteiger partial charge in [-0.2, -0.15) is 0 Å². The highest BCUT2D eigenvalue weighted by molar-refractivity contribution is 6.14. The lowest BCUT2D eigenvalue weighted by Crippen LogP contribution is -2.37. The van der Waals surface area contributed by atoms with Crippen molar-refractivity contribution in [3.8, 4) is 0 Å². The Labute approximate surface area is 174 Å². The van der Waals surface area contributed by atoms with Crippen molar-refractivity contribution in [2.45, 2.75) is 6.54 Å². The van der Waals surface area contributed by atoms with Gasteiger partial charge in [0.1, 0.15) is 11.6 Å². The van der Waals surface area contributed by atoms with Crippen LogP contribution < -0.4 is 0 Å². The molecule has 0 amide bonds. The third kappa shape index (κ3) is 4.97.